The highest BCUT2D eigenvalue weighted by Gasteiger charge is 2.04. The van der Waals surface area contributed by atoms with E-state index in [-0.39, 0.29) is 19.0 Å². The number of ether oxygens (including phenoxy) is 1. The molecule has 1 aromatic rings. The molecule has 2 nitrogen and oxygen atoms in total. The Bertz CT molecular complexity index is 284. The normalized spacial score (nSPS) is 9.29. The smallest absolute Gasteiger partial charge is 0.0816 e. The van der Waals surface area contributed by atoms with Crippen molar-refractivity contribution >= 4 is 41.8 Å². The fraction of sp³-hybridized carbons (Fsp3) is 0.222. The van der Waals surface area contributed by atoms with Crippen LogP contribution in [0.2, 0.25) is 10.0 Å². The Morgan fingerprint density at radius 1 is 1.29 bits per heavy atom. The van der Waals surface area contributed by atoms with Gasteiger partial charge >= 0.3 is 0 Å². The maximum atomic E-state index is 6.76. The van der Waals surface area contributed by atoms with Crippen LogP contribution in [0.4, 0.5) is 0 Å². The van der Waals surface area contributed by atoms with Crippen LogP contribution >= 0.6 is 35.6 Å². The standard InChI is InChI=1S/C9H9Cl2NO.ClH/c10-8-2-1-3-9(11)7(8)6-13-5-4-12;/h1-4,12H,5-6H2;1H. The minimum Gasteiger partial charge on any atom is -0.371 e. The van der Waals surface area contributed by atoms with Gasteiger partial charge in [0.05, 0.1) is 13.2 Å². The number of hydrogen-bond donors (Lipinski definition) is 1. The van der Waals surface area contributed by atoms with E-state index in [9.17, 15) is 0 Å². The third-order valence-corrected chi connectivity index (χ3v) is 2.22. The fourth-order valence-electron chi connectivity index (χ4n) is 0.890. The monoisotopic (exact) mass is 253 g/mol. The van der Waals surface area contributed by atoms with Gasteiger partial charge in [-0.3, -0.25) is 0 Å². The van der Waals surface area contributed by atoms with Crippen LogP contribution in [0.1, 0.15) is 5.56 Å². The summed E-state index contributed by atoms with van der Waals surface area (Å²) in [4.78, 5) is 0. The first kappa shape index (κ1) is 13.7. The molecule has 0 saturated heterocycles. The van der Waals surface area contributed by atoms with Gasteiger partial charge in [-0.25, -0.2) is 0 Å². The topological polar surface area (TPSA) is 33.1 Å². The highest BCUT2D eigenvalue weighted by atomic mass is 35.5. The summed E-state index contributed by atoms with van der Waals surface area (Å²) in [5, 5.41) is 7.95. The van der Waals surface area contributed by atoms with Gasteiger partial charge in [-0.1, -0.05) is 29.3 Å². The summed E-state index contributed by atoms with van der Waals surface area (Å²) < 4.78 is 5.12. The minimum absolute atomic E-state index is 0. The molecular weight excluding hydrogens is 244 g/mol. The number of hydrogen-bond acceptors (Lipinski definition) is 2. The second-order valence-corrected chi connectivity index (χ2v) is 3.23. The highest BCUT2D eigenvalue weighted by molar-refractivity contribution is 6.35. The molecule has 0 bridgehead atoms. The van der Waals surface area contributed by atoms with Crippen molar-refractivity contribution in [1.82, 2.24) is 0 Å². The summed E-state index contributed by atoms with van der Waals surface area (Å²) in [5.74, 6) is 0. The Labute approximate surface area is 99.1 Å². The first-order chi connectivity index (χ1) is 6.25. The van der Waals surface area contributed by atoms with Gasteiger partial charge in [0, 0.05) is 21.8 Å². The van der Waals surface area contributed by atoms with Crippen LogP contribution in [0.3, 0.4) is 0 Å². The largest absolute Gasteiger partial charge is 0.371 e. The van der Waals surface area contributed by atoms with Crippen LogP contribution < -0.4 is 0 Å². The predicted molar refractivity (Wildman–Crippen MR) is 62.1 cm³/mol. The van der Waals surface area contributed by atoms with E-state index in [0.717, 1.165) is 5.56 Å². The molecule has 1 N–H and O–H groups in total. The molecule has 1 aromatic carbocycles. The van der Waals surface area contributed by atoms with E-state index >= 15 is 0 Å². The maximum Gasteiger partial charge on any atom is 0.0816 e. The average molecular weight is 255 g/mol. The van der Waals surface area contributed by atoms with E-state index in [2.05, 4.69) is 0 Å². The van der Waals surface area contributed by atoms with E-state index in [1.165, 1.54) is 6.21 Å². The summed E-state index contributed by atoms with van der Waals surface area (Å²) in [5.41, 5.74) is 0.771. The minimum atomic E-state index is 0. The van der Waals surface area contributed by atoms with Gasteiger partial charge in [0.15, 0.2) is 0 Å². The molecule has 78 valence electrons. The maximum absolute atomic E-state index is 6.76. The second-order valence-electron chi connectivity index (χ2n) is 2.42. The third kappa shape index (κ3) is 3.84. The zero-order chi connectivity index (χ0) is 9.68. The van der Waals surface area contributed by atoms with Crippen molar-refractivity contribution in [3.8, 4) is 0 Å². The Hall–Kier alpha value is -0.280. The molecule has 14 heavy (non-hydrogen) atoms. The van der Waals surface area contributed by atoms with Crippen LogP contribution in [0.25, 0.3) is 0 Å². The number of halogens is 3. The Morgan fingerprint density at radius 3 is 2.36 bits per heavy atom. The predicted octanol–water partition coefficient (Wildman–Crippen LogP) is 3.58. The Morgan fingerprint density at radius 2 is 1.86 bits per heavy atom. The van der Waals surface area contributed by atoms with Crippen LogP contribution in [0.15, 0.2) is 18.2 Å². The molecule has 0 aliphatic carbocycles. The molecule has 0 aromatic heterocycles. The Balaban J connectivity index is 0.00000169. The van der Waals surface area contributed by atoms with Crippen molar-refractivity contribution in [3.63, 3.8) is 0 Å². The third-order valence-electron chi connectivity index (χ3n) is 1.51. The lowest BCUT2D eigenvalue weighted by Gasteiger charge is -2.05. The van der Waals surface area contributed by atoms with Crippen molar-refractivity contribution in [2.24, 2.45) is 0 Å². The molecule has 0 fully saturated rings. The van der Waals surface area contributed by atoms with Crippen molar-refractivity contribution in [2.75, 3.05) is 6.61 Å². The molecule has 0 heterocycles. The van der Waals surface area contributed by atoms with Gasteiger partial charge in [-0.15, -0.1) is 12.4 Å². The molecular formula is C9H10Cl3NO. The number of rotatable bonds is 4. The summed E-state index contributed by atoms with van der Waals surface area (Å²) in [6.45, 7) is 0.620. The Kier molecular flexibility index (Phi) is 6.93. The zero-order valence-electron chi connectivity index (χ0n) is 7.30. The molecule has 5 heteroatoms. The van der Waals surface area contributed by atoms with Crippen molar-refractivity contribution in [2.45, 2.75) is 6.61 Å². The van der Waals surface area contributed by atoms with Gasteiger partial charge in [0.25, 0.3) is 0 Å². The molecule has 0 radical (unpaired) electrons. The van der Waals surface area contributed by atoms with Gasteiger partial charge in [0.2, 0.25) is 0 Å². The first-order valence-electron chi connectivity index (χ1n) is 3.75. The lowest BCUT2D eigenvalue weighted by atomic mass is 10.2. The number of nitrogens with one attached hydrogen (secondary N) is 1. The summed E-state index contributed by atoms with van der Waals surface area (Å²) in [6.07, 6.45) is 1.19. The van der Waals surface area contributed by atoms with Gasteiger partial charge in [-0.05, 0) is 12.1 Å². The lowest BCUT2D eigenvalue weighted by Crippen LogP contribution is -1.96. The van der Waals surface area contributed by atoms with Crippen LogP contribution in [-0.4, -0.2) is 12.8 Å². The second kappa shape index (κ2) is 7.07. The van der Waals surface area contributed by atoms with Crippen molar-refractivity contribution in [3.05, 3.63) is 33.8 Å². The lowest BCUT2D eigenvalue weighted by molar-refractivity contribution is 0.160. The molecule has 0 aliphatic rings. The van der Waals surface area contributed by atoms with E-state index in [4.69, 9.17) is 33.3 Å². The molecule has 0 saturated carbocycles. The average Bonchev–Trinajstić information content (AvgIpc) is 2.10. The summed E-state index contributed by atoms with van der Waals surface area (Å²) >= 11 is 11.8. The molecule has 0 amide bonds. The molecule has 1 rings (SSSR count). The van der Waals surface area contributed by atoms with E-state index in [0.29, 0.717) is 16.7 Å². The van der Waals surface area contributed by atoms with Crippen LogP contribution in [-0.2, 0) is 11.3 Å². The van der Waals surface area contributed by atoms with Gasteiger partial charge in [0.1, 0.15) is 0 Å². The summed E-state index contributed by atoms with van der Waals surface area (Å²) in [7, 11) is 0. The fourth-order valence-corrected chi connectivity index (χ4v) is 1.40. The molecule has 0 spiro atoms. The van der Waals surface area contributed by atoms with E-state index < -0.39 is 0 Å². The highest BCUT2D eigenvalue weighted by Crippen LogP contribution is 2.24. The molecule has 0 aliphatic heterocycles. The van der Waals surface area contributed by atoms with E-state index in [1.54, 1.807) is 18.2 Å². The molecule has 0 unspecified atom stereocenters. The van der Waals surface area contributed by atoms with Crippen LogP contribution in [0.5, 0.6) is 0 Å². The van der Waals surface area contributed by atoms with Crippen LogP contribution in [0, 0.1) is 5.41 Å². The van der Waals surface area contributed by atoms with Gasteiger partial charge in [-0.2, -0.15) is 0 Å². The van der Waals surface area contributed by atoms with Crippen molar-refractivity contribution < 1.29 is 4.74 Å². The molecule has 0 atom stereocenters. The number of benzene rings is 1. The first-order valence-corrected chi connectivity index (χ1v) is 4.51. The quantitative estimate of drug-likeness (QED) is 0.646. The van der Waals surface area contributed by atoms with Gasteiger partial charge < -0.3 is 10.1 Å². The van der Waals surface area contributed by atoms with Crippen molar-refractivity contribution in [1.29, 1.82) is 5.41 Å². The SMILES string of the molecule is Cl.N=CCOCc1c(Cl)cccc1Cl. The zero-order valence-corrected chi connectivity index (χ0v) is 9.62. The summed E-state index contributed by atoms with van der Waals surface area (Å²) in [6, 6.07) is 5.30. The van der Waals surface area contributed by atoms with E-state index in [1.807, 2.05) is 0 Å².